The van der Waals surface area contributed by atoms with Gasteiger partial charge in [-0.2, -0.15) is 13.2 Å². The van der Waals surface area contributed by atoms with Crippen molar-refractivity contribution in [3.63, 3.8) is 0 Å². The molecule has 0 bridgehead atoms. The second-order valence-corrected chi connectivity index (χ2v) is 4.79. The van der Waals surface area contributed by atoms with Crippen molar-refractivity contribution in [2.45, 2.75) is 32.9 Å². The molecule has 0 fully saturated rings. The standard InChI is InChI=1S/C14H20F3NO/c1-3-13(4-2,10-19)9-18-12-7-5-11(6-8-12)14(15,16)17/h5-8,18-19H,3-4,9-10H2,1-2H3. The van der Waals surface area contributed by atoms with Gasteiger partial charge in [0.05, 0.1) is 12.2 Å². The van der Waals surface area contributed by atoms with Gasteiger partial charge in [-0.15, -0.1) is 0 Å². The van der Waals surface area contributed by atoms with Crippen molar-refractivity contribution in [3.8, 4) is 0 Å². The topological polar surface area (TPSA) is 32.3 Å². The summed E-state index contributed by atoms with van der Waals surface area (Å²) in [5, 5.41) is 12.5. The van der Waals surface area contributed by atoms with Crippen LogP contribution in [0.15, 0.2) is 24.3 Å². The minimum absolute atomic E-state index is 0.0631. The first kappa shape index (κ1) is 15.8. The van der Waals surface area contributed by atoms with Crippen molar-refractivity contribution in [2.24, 2.45) is 5.41 Å². The summed E-state index contributed by atoms with van der Waals surface area (Å²) in [5.41, 5.74) is -0.243. The minimum atomic E-state index is -4.31. The lowest BCUT2D eigenvalue weighted by Gasteiger charge is -2.30. The fourth-order valence-corrected chi connectivity index (χ4v) is 1.85. The summed E-state index contributed by atoms with van der Waals surface area (Å²) in [6.45, 7) is 4.60. The Kier molecular flexibility index (Phi) is 5.23. The van der Waals surface area contributed by atoms with Crippen LogP contribution in [-0.2, 0) is 6.18 Å². The average Bonchev–Trinajstić information content (AvgIpc) is 2.40. The van der Waals surface area contributed by atoms with Crippen LogP contribution in [0.25, 0.3) is 0 Å². The molecule has 19 heavy (non-hydrogen) atoms. The van der Waals surface area contributed by atoms with Crippen molar-refractivity contribution in [1.82, 2.24) is 0 Å². The molecule has 0 heterocycles. The lowest BCUT2D eigenvalue weighted by Crippen LogP contribution is -2.32. The number of benzene rings is 1. The minimum Gasteiger partial charge on any atom is -0.396 e. The zero-order valence-corrected chi connectivity index (χ0v) is 11.2. The number of rotatable bonds is 6. The molecule has 1 aromatic carbocycles. The highest BCUT2D eigenvalue weighted by atomic mass is 19.4. The average molecular weight is 275 g/mol. The number of hydrogen-bond acceptors (Lipinski definition) is 2. The normalized spacial score (nSPS) is 12.5. The second-order valence-electron chi connectivity index (χ2n) is 4.79. The predicted molar refractivity (Wildman–Crippen MR) is 70.0 cm³/mol. The van der Waals surface area contributed by atoms with Gasteiger partial charge in [0.1, 0.15) is 0 Å². The molecule has 0 radical (unpaired) electrons. The molecule has 0 aromatic heterocycles. The Hall–Kier alpha value is -1.23. The van der Waals surface area contributed by atoms with Gasteiger partial charge in [-0.3, -0.25) is 0 Å². The summed E-state index contributed by atoms with van der Waals surface area (Å²) in [4.78, 5) is 0. The first-order valence-corrected chi connectivity index (χ1v) is 6.39. The number of anilines is 1. The zero-order valence-electron chi connectivity index (χ0n) is 11.2. The maximum Gasteiger partial charge on any atom is 0.416 e. The number of halogens is 3. The monoisotopic (exact) mass is 275 g/mol. The van der Waals surface area contributed by atoms with E-state index in [1.54, 1.807) is 0 Å². The molecule has 0 atom stereocenters. The summed E-state index contributed by atoms with van der Waals surface area (Å²) >= 11 is 0. The fraction of sp³-hybridized carbons (Fsp3) is 0.571. The first-order valence-electron chi connectivity index (χ1n) is 6.39. The van der Waals surface area contributed by atoms with Crippen LogP contribution in [-0.4, -0.2) is 18.3 Å². The van der Waals surface area contributed by atoms with Gasteiger partial charge in [0.2, 0.25) is 0 Å². The molecule has 2 N–H and O–H groups in total. The number of hydrogen-bond donors (Lipinski definition) is 2. The highest BCUT2D eigenvalue weighted by molar-refractivity contribution is 5.45. The molecule has 1 rings (SSSR count). The molecule has 0 saturated carbocycles. The Balaban J connectivity index is 2.69. The molecule has 0 aliphatic carbocycles. The van der Waals surface area contributed by atoms with Crippen LogP contribution in [0.5, 0.6) is 0 Å². The highest BCUT2D eigenvalue weighted by Crippen LogP contribution is 2.30. The van der Waals surface area contributed by atoms with Crippen molar-refractivity contribution in [1.29, 1.82) is 0 Å². The number of nitrogens with one attached hydrogen (secondary N) is 1. The SMILES string of the molecule is CCC(CC)(CO)CNc1ccc(C(F)(F)F)cc1. The fourth-order valence-electron chi connectivity index (χ4n) is 1.85. The van der Waals surface area contributed by atoms with E-state index in [0.717, 1.165) is 25.0 Å². The zero-order chi connectivity index (χ0) is 14.5. The number of aliphatic hydroxyl groups excluding tert-OH is 1. The Bertz CT molecular complexity index is 374. The van der Waals surface area contributed by atoms with Crippen LogP contribution >= 0.6 is 0 Å². The number of alkyl halides is 3. The van der Waals surface area contributed by atoms with Crippen molar-refractivity contribution in [3.05, 3.63) is 29.8 Å². The molecule has 0 aliphatic rings. The summed E-state index contributed by atoms with van der Waals surface area (Å²) < 4.78 is 37.2. The summed E-state index contributed by atoms with van der Waals surface area (Å²) in [5.74, 6) is 0. The van der Waals surface area contributed by atoms with Gasteiger partial charge in [0.25, 0.3) is 0 Å². The Morgan fingerprint density at radius 1 is 1.05 bits per heavy atom. The predicted octanol–water partition coefficient (Wildman–Crippen LogP) is 3.92. The lowest BCUT2D eigenvalue weighted by atomic mass is 9.83. The molecule has 1 aromatic rings. The van der Waals surface area contributed by atoms with Gasteiger partial charge in [-0.25, -0.2) is 0 Å². The molecular weight excluding hydrogens is 255 g/mol. The molecule has 5 heteroatoms. The third-order valence-corrected chi connectivity index (χ3v) is 3.72. The van der Waals surface area contributed by atoms with Gasteiger partial charge in [0.15, 0.2) is 0 Å². The Morgan fingerprint density at radius 2 is 1.58 bits per heavy atom. The molecular formula is C14H20F3NO. The maximum absolute atomic E-state index is 12.4. The van der Waals surface area contributed by atoms with E-state index in [1.165, 1.54) is 12.1 Å². The first-order chi connectivity index (χ1) is 8.87. The van der Waals surface area contributed by atoms with E-state index in [2.05, 4.69) is 5.32 Å². The Morgan fingerprint density at radius 3 is 1.95 bits per heavy atom. The van der Waals surface area contributed by atoms with Crippen molar-refractivity contribution in [2.75, 3.05) is 18.5 Å². The van der Waals surface area contributed by atoms with Crippen LogP contribution in [0.4, 0.5) is 18.9 Å². The summed E-state index contributed by atoms with van der Waals surface area (Å²) in [6.07, 6.45) is -2.68. The lowest BCUT2D eigenvalue weighted by molar-refractivity contribution is -0.137. The maximum atomic E-state index is 12.4. The van der Waals surface area contributed by atoms with Gasteiger partial charge in [-0.05, 0) is 37.1 Å². The molecule has 0 unspecified atom stereocenters. The summed E-state index contributed by atoms with van der Waals surface area (Å²) in [7, 11) is 0. The largest absolute Gasteiger partial charge is 0.416 e. The quantitative estimate of drug-likeness (QED) is 0.824. The molecule has 0 spiro atoms. The van der Waals surface area contributed by atoms with Crippen molar-refractivity contribution >= 4 is 5.69 Å². The molecule has 0 aliphatic heterocycles. The molecule has 2 nitrogen and oxygen atoms in total. The van der Waals surface area contributed by atoms with Gasteiger partial charge in [0, 0.05) is 17.6 Å². The van der Waals surface area contributed by atoms with Crippen molar-refractivity contribution < 1.29 is 18.3 Å². The highest BCUT2D eigenvalue weighted by Gasteiger charge is 2.30. The number of aliphatic hydroxyl groups is 1. The van der Waals surface area contributed by atoms with E-state index in [4.69, 9.17) is 0 Å². The van der Waals surface area contributed by atoms with Gasteiger partial charge in [-0.1, -0.05) is 13.8 Å². The molecule has 0 amide bonds. The third-order valence-electron chi connectivity index (χ3n) is 3.72. The van der Waals surface area contributed by atoms with E-state index in [-0.39, 0.29) is 12.0 Å². The van der Waals surface area contributed by atoms with E-state index < -0.39 is 11.7 Å². The summed E-state index contributed by atoms with van der Waals surface area (Å²) in [6, 6.07) is 4.94. The Labute approximate surface area is 111 Å². The third kappa shape index (κ3) is 4.13. The van der Waals surface area contributed by atoms with Gasteiger partial charge >= 0.3 is 6.18 Å². The van der Waals surface area contributed by atoms with Gasteiger partial charge < -0.3 is 10.4 Å². The van der Waals surface area contributed by atoms with E-state index in [0.29, 0.717) is 12.2 Å². The van der Waals surface area contributed by atoms with Crippen LogP contribution in [0, 0.1) is 5.41 Å². The molecule has 0 saturated heterocycles. The second kappa shape index (κ2) is 6.28. The van der Waals surface area contributed by atoms with E-state index in [9.17, 15) is 18.3 Å². The molecule has 108 valence electrons. The van der Waals surface area contributed by atoms with E-state index in [1.807, 2.05) is 13.8 Å². The smallest absolute Gasteiger partial charge is 0.396 e. The van der Waals surface area contributed by atoms with E-state index >= 15 is 0 Å². The van der Waals surface area contributed by atoms with Crippen LogP contribution < -0.4 is 5.32 Å². The van der Waals surface area contributed by atoms with Crippen LogP contribution in [0.3, 0.4) is 0 Å². The van der Waals surface area contributed by atoms with Crippen LogP contribution in [0.1, 0.15) is 32.3 Å². The van der Waals surface area contributed by atoms with Crippen LogP contribution in [0.2, 0.25) is 0 Å².